The maximum absolute atomic E-state index is 13.0. The van der Waals surface area contributed by atoms with Crippen LogP contribution in [0.2, 0.25) is 0 Å². The average molecular weight is 377 g/mol. The molecule has 3 aromatic rings. The summed E-state index contributed by atoms with van der Waals surface area (Å²) in [7, 11) is 0. The van der Waals surface area contributed by atoms with E-state index in [1.54, 1.807) is 0 Å². The number of aromatic nitrogens is 1. The summed E-state index contributed by atoms with van der Waals surface area (Å²) in [5.74, 6) is -0.811. The molecular weight excluding hydrogens is 350 g/mol. The summed E-state index contributed by atoms with van der Waals surface area (Å²) in [6.45, 7) is 3.04. The number of carbonyl (C=O) groups is 2. The van der Waals surface area contributed by atoms with Crippen molar-refractivity contribution in [3.05, 3.63) is 71.9 Å². The van der Waals surface area contributed by atoms with Gasteiger partial charge in [-0.2, -0.15) is 0 Å². The Morgan fingerprint density at radius 2 is 1.75 bits per heavy atom. The second kappa shape index (κ2) is 9.22. The van der Waals surface area contributed by atoms with Gasteiger partial charge >= 0.3 is 0 Å². The van der Waals surface area contributed by atoms with Gasteiger partial charge in [0.05, 0.1) is 5.56 Å². The van der Waals surface area contributed by atoms with Crippen LogP contribution in [0.5, 0.6) is 0 Å². The molecule has 2 amide bonds. The smallest absolute Gasteiger partial charge is 0.254 e. The van der Waals surface area contributed by atoms with Crippen LogP contribution in [0.4, 0.5) is 0 Å². The average Bonchev–Trinajstić information content (AvgIpc) is 3.07. The summed E-state index contributed by atoms with van der Waals surface area (Å²) in [5, 5.41) is 3.72. The number of amides is 2. The molecule has 28 heavy (non-hydrogen) atoms. The van der Waals surface area contributed by atoms with Crippen molar-refractivity contribution >= 4 is 22.7 Å². The van der Waals surface area contributed by atoms with Crippen LogP contribution in [0.15, 0.2) is 60.8 Å². The van der Waals surface area contributed by atoms with Gasteiger partial charge < -0.3 is 15.6 Å². The lowest BCUT2D eigenvalue weighted by molar-refractivity contribution is -0.119. The van der Waals surface area contributed by atoms with Crippen molar-refractivity contribution in [3.8, 4) is 0 Å². The van der Waals surface area contributed by atoms with Crippen molar-refractivity contribution in [1.29, 1.82) is 0 Å². The molecular formula is C23H27N3O2. The molecule has 3 N–H and O–H groups in total. The van der Waals surface area contributed by atoms with Crippen LogP contribution in [-0.2, 0) is 17.8 Å². The molecule has 0 bridgehead atoms. The van der Waals surface area contributed by atoms with E-state index in [1.165, 1.54) is 0 Å². The molecule has 0 saturated carbocycles. The summed E-state index contributed by atoms with van der Waals surface area (Å²) in [6.07, 6.45) is 5.61. The summed E-state index contributed by atoms with van der Waals surface area (Å²) >= 11 is 0. The third-order valence-corrected chi connectivity index (χ3v) is 4.97. The fourth-order valence-corrected chi connectivity index (χ4v) is 3.45. The molecule has 0 aliphatic heterocycles. The van der Waals surface area contributed by atoms with Gasteiger partial charge in [-0.25, -0.2) is 0 Å². The minimum absolute atomic E-state index is 0.273. The minimum atomic E-state index is -0.753. The van der Waals surface area contributed by atoms with Crippen molar-refractivity contribution in [3.63, 3.8) is 0 Å². The molecule has 146 valence electrons. The number of nitrogens with zero attached hydrogens (tertiary/aromatic N) is 1. The molecule has 0 spiro atoms. The fourth-order valence-electron chi connectivity index (χ4n) is 3.45. The van der Waals surface area contributed by atoms with Gasteiger partial charge in [-0.15, -0.1) is 0 Å². The van der Waals surface area contributed by atoms with Crippen LogP contribution in [0.25, 0.3) is 10.9 Å². The molecule has 0 unspecified atom stereocenters. The molecule has 5 nitrogen and oxygen atoms in total. The molecule has 0 aliphatic carbocycles. The minimum Gasteiger partial charge on any atom is -0.368 e. The molecule has 0 saturated heterocycles. The van der Waals surface area contributed by atoms with Crippen LogP contribution in [-0.4, -0.2) is 22.4 Å². The quantitative estimate of drug-likeness (QED) is 0.558. The first-order chi connectivity index (χ1) is 13.6. The molecule has 1 atom stereocenters. The number of aryl methyl sites for hydroxylation is 1. The van der Waals surface area contributed by atoms with E-state index in [9.17, 15) is 9.59 Å². The van der Waals surface area contributed by atoms with Crippen LogP contribution < -0.4 is 11.1 Å². The Bertz CT molecular complexity index is 947. The molecule has 3 rings (SSSR count). The van der Waals surface area contributed by atoms with Gasteiger partial charge in [-0.3, -0.25) is 9.59 Å². The molecule has 1 heterocycles. The molecule has 0 fully saturated rings. The second-order valence-corrected chi connectivity index (χ2v) is 7.08. The van der Waals surface area contributed by atoms with E-state index in [0.29, 0.717) is 12.0 Å². The zero-order valence-electron chi connectivity index (χ0n) is 16.2. The van der Waals surface area contributed by atoms with Gasteiger partial charge in [0.1, 0.15) is 6.04 Å². The summed E-state index contributed by atoms with van der Waals surface area (Å²) < 4.78 is 2.12. The van der Waals surface area contributed by atoms with Gasteiger partial charge in [0.25, 0.3) is 5.91 Å². The zero-order valence-corrected chi connectivity index (χ0v) is 16.2. The first kappa shape index (κ1) is 19.7. The molecule has 2 aromatic carbocycles. The highest BCUT2D eigenvalue weighted by molar-refractivity contribution is 6.08. The Morgan fingerprint density at radius 1 is 1.04 bits per heavy atom. The predicted molar refractivity (Wildman–Crippen MR) is 112 cm³/mol. The zero-order chi connectivity index (χ0) is 19.9. The Morgan fingerprint density at radius 3 is 2.46 bits per heavy atom. The highest BCUT2D eigenvalue weighted by Gasteiger charge is 2.22. The van der Waals surface area contributed by atoms with Crippen LogP contribution in [0.1, 0.15) is 42.1 Å². The molecule has 1 aromatic heterocycles. The number of carbonyl (C=O) groups excluding carboxylic acids is 2. The highest BCUT2D eigenvalue weighted by atomic mass is 16.2. The number of hydrogen-bond acceptors (Lipinski definition) is 2. The highest BCUT2D eigenvalue weighted by Crippen LogP contribution is 2.22. The van der Waals surface area contributed by atoms with E-state index in [4.69, 9.17) is 5.73 Å². The number of nitrogens with one attached hydrogen (secondary N) is 1. The maximum atomic E-state index is 13.0. The van der Waals surface area contributed by atoms with E-state index < -0.39 is 11.9 Å². The number of nitrogens with two attached hydrogens (primary N) is 1. The molecule has 5 heteroatoms. The second-order valence-electron chi connectivity index (χ2n) is 7.08. The van der Waals surface area contributed by atoms with Gasteiger partial charge in [0.15, 0.2) is 0 Å². The van der Waals surface area contributed by atoms with E-state index in [2.05, 4.69) is 16.8 Å². The van der Waals surface area contributed by atoms with Crippen LogP contribution in [0, 0.1) is 0 Å². The summed E-state index contributed by atoms with van der Waals surface area (Å²) in [4.78, 5) is 24.9. The largest absolute Gasteiger partial charge is 0.368 e. The SMILES string of the molecule is CCCCCn1cc(C(=O)N[C@@H](Cc2ccccc2)C(N)=O)c2ccccc21. The Balaban J connectivity index is 1.82. The Labute approximate surface area is 165 Å². The van der Waals surface area contributed by atoms with E-state index in [0.717, 1.165) is 42.3 Å². The fraction of sp³-hybridized carbons (Fsp3) is 0.304. The van der Waals surface area contributed by atoms with E-state index in [-0.39, 0.29) is 5.91 Å². The summed E-state index contributed by atoms with van der Waals surface area (Å²) in [5.41, 5.74) is 8.11. The predicted octanol–water partition coefficient (Wildman–Crippen LogP) is 3.66. The van der Waals surface area contributed by atoms with Crippen molar-refractivity contribution < 1.29 is 9.59 Å². The lowest BCUT2D eigenvalue weighted by Crippen LogP contribution is -2.45. The van der Waals surface area contributed by atoms with E-state index in [1.807, 2.05) is 60.8 Å². The Kier molecular flexibility index (Phi) is 6.48. The van der Waals surface area contributed by atoms with Crippen molar-refractivity contribution in [2.24, 2.45) is 5.73 Å². The van der Waals surface area contributed by atoms with Crippen LogP contribution in [0.3, 0.4) is 0 Å². The monoisotopic (exact) mass is 377 g/mol. The first-order valence-electron chi connectivity index (χ1n) is 9.82. The third kappa shape index (κ3) is 4.60. The number of unbranched alkanes of at least 4 members (excludes halogenated alkanes) is 2. The molecule has 0 radical (unpaired) electrons. The third-order valence-electron chi connectivity index (χ3n) is 4.97. The van der Waals surface area contributed by atoms with E-state index >= 15 is 0 Å². The van der Waals surface area contributed by atoms with Crippen molar-refractivity contribution in [2.75, 3.05) is 0 Å². The standard InChI is InChI=1S/C23H27N3O2/c1-2-3-9-14-26-16-19(18-12-7-8-13-21(18)26)23(28)25-20(22(24)27)15-17-10-5-4-6-11-17/h4-8,10-13,16,20H,2-3,9,14-15H2,1H3,(H2,24,27)(H,25,28)/t20-/m0/s1. The van der Waals surface area contributed by atoms with Gasteiger partial charge in [0, 0.05) is 30.1 Å². The number of para-hydroxylation sites is 1. The number of fused-ring (bicyclic) bond motifs is 1. The van der Waals surface area contributed by atoms with Gasteiger partial charge in [0.2, 0.25) is 5.91 Å². The van der Waals surface area contributed by atoms with Gasteiger partial charge in [-0.1, -0.05) is 68.3 Å². The number of primary amides is 1. The molecule has 0 aliphatic rings. The number of hydrogen-bond donors (Lipinski definition) is 2. The number of benzene rings is 2. The lowest BCUT2D eigenvalue weighted by Gasteiger charge is -2.15. The number of rotatable bonds is 9. The van der Waals surface area contributed by atoms with Crippen LogP contribution >= 0.6 is 0 Å². The normalized spacial score (nSPS) is 12.0. The van der Waals surface area contributed by atoms with Gasteiger partial charge in [-0.05, 0) is 18.1 Å². The van der Waals surface area contributed by atoms with Crippen molar-refractivity contribution in [2.45, 2.75) is 45.2 Å². The topological polar surface area (TPSA) is 77.1 Å². The summed E-state index contributed by atoms with van der Waals surface area (Å²) in [6, 6.07) is 16.7. The maximum Gasteiger partial charge on any atom is 0.254 e. The van der Waals surface area contributed by atoms with Crippen molar-refractivity contribution in [1.82, 2.24) is 9.88 Å². The first-order valence-corrected chi connectivity index (χ1v) is 9.82. The Hall–Kier alpha value is -3.08. The lowest BCUT2D eigenvalue weighted by atomic mass is 10.0.